The SMILES string of the molecule is CC(=O)NC(C)(C)C1CN(S(=O)(=O)c2ccc(F)cc2)c2cc(NC(=O)O)ccc2O1. The zero-order valence-corrected chi connectivity index (χ0v) is 17.9. The van der Waals surface area contributed by atoms with Crippen molar-refractivity contribution >= 4 is 33.4 Å². The summed E-state index contributed by atoms with van der Waals surface area (Å²) in [6, 6.07) is 8.59. The Morgan fingerprint density at radius 3 is 2.42 bits per heavy atom. The Bertz CT molecular complexity index is 1120. The maximum atomic E-state index is 13.4. The van der Waals surface area contributed by atoms with Gasteiger partial charge in [-0.1, -0.05) is 0 Å². The van der Waals surface area contributed by atoms with Crippen LogP contribution in [-0.2, 0) is 14.8 Å². The molecule has 1 unspecified atom stereocenters. The van der Waals surface area contributed by atoms with E-state index < -0.39 is 33.6 Å². The second-order valence-corrected chi connectivity index (χ2v) is 9.47. The molecule has 11 heteroatoms. The Kier molecular flexibility index (Phi) is 5.81. The minimum absolute atomic E-state index is 0.116. The molecular formula is C20H22FN3O6S. The van der Waals surface area contributed by atoms with E-state index in [2.05, 4.69) is 10.6 Å². The van der Waals surface area contributed by atoms with Gasteiger partial charge in [0.2, 0.25) is 5.91 Å². The molecule has 0 radical (unpaired) electrons. The maximum absolute atomic E-state index is 13.4. The van der Waals surface area contributed by atoms with E-state index in [4.69, 9.17) is 9.84 Å². The number of hydrogen-bond acceptors (Lipinski definition) is 5. The third-order valence-electron chi connectivity index (χ3n) is 4.78. The van der Waals surface area contributed by atoms with Gasteiger partial charge in [0, 0.05) is 12.6 Å². The van der Waals surface area contributed by atoms with Crippen molar-refractivity contribution in [3.8, 4) is 5.75 Å². The number of fused-ring (bicyclic) bond motifs is 1. The summed E-state index contributed by atoms with van der Waals surface area (Å²) in [6.07, 6.45) is -2.08. The highest BCUT2D eigenvalue weighted by atomic mass is 32.2. The Morgan fingerprint density at radius 1 is 1.19 bits per heavy atom. The second-order valence-electron chi connectivity index (χ2n) is 7.61. The predicted octanol–water partition coefficient (Wildman–Crippen LogP) is 2.79. The lowest BCUT2D eigenvalue weighted by molar-refractivity contribution is -0.121. The third-order valence-corrected chi connectivity index (χ3v) is 6.58. The van der Waals surface area contributed by atoms with E-state index in [0.717, 1.165) is 28.6 Å². The number of sulfonamides is 1. The average Bonchev–Trinajstić information content (AvgIpc) is 2.66. The van der Waals surface area contributed by atoms with E-state index in [1.54, 1.807) is 13.8 Å². The number of rotatable bonds is 5. The van der Waals surface area contributed by atoms with Crippen molar-refractivity contribution in [3.63, 3.8) is 0 Å². The first-order valence-electron chi connectivity index (χ1n) is 9.28. The topological polar surface area (TPSA) is 125 Å². The van der Waals surface area contributed by atoms with Gasteiger partial charge in [-0.05, 0) is 56.3 Å². The molecule has 1 atom stereocenters. The van der Waals surface area contributed by atoms with E-state index in [0.29, 0.717) is 0 Å². The molecule has 0 aliphatic carbocycles. The molecule has 1 heterocycles. The number of ether oxygens (including phenoxy) is 1. The monoisotopic (exact) mass is 451 g/mol. The minimum atomic E-state index is -4.16. The lowest BCUT2D eigenvalue weighted by atomic mass is 9.95. The van der Waals surface area contributed by atoms with Gasteiger partial charge in [-0.2, -0.15) is 0 Å². The largest absolute Gasteiger partial charge is 0.484 e. The second kappa shape index (κ2) is 8.06. The van der Waals surface area contributed by atoms with Crippen LogP contribution < -0.4 is 19.7 Å². The molecule has 2 aromatic rings. The van der Waals surface area contributed by atoms with Crippen LogP contribution in [0.15, 0.2) is 47.4 Å². The quantitative estimate of drug-likeness (QED) is 0.642. The van der Waals surface area contributed by atoms with Crippen molar-refractivity contribution < 1.29 is 32.2 Å². The van der Waals surface area contributed by atoms with Crippen LogP contribution in [-0.4, -0.2) is 43.7 Å². The summed E-state index contributed by atoms with van der Waals surface area (Å²) < 4.78 is 47.2. The Hall–Kier alpha value is -3.34. The van der Waals surface area contributed by atoms with Crippen LogP contribution in [0.25, 0.3) is 0 Å². The van der Waals surface area contributed by atoms with Gasteiger partial charge in [0.05, 0.1) is 22.7 Å². The van der Waals surface area contributed by atoms with Crippen LogP contribution in [0, 0.1) is 5.82 Å². The lowest BCUT2D eigenvalue weighted by Gasteiger charge is -2.42. The highest BCUT2D eigenvalue weighted by Gasteiger charge is 2.42. The molecule has 166 valence electrons. The molecular weight excluding hydrogens is 429 g/mol. The average molecular weight is 451 g/mol. The minimum Gasteiger partial charge on any atom is -0.484 e. The normalized spacial score (nSPS) is 16.1. The number of benzene rings is 2. The van der Waals surface area contributed by atoms with E-state index >= 15 is 0 Å². The number of carbonyl (C=O) groups is 2. The van der Waals surface area contributed by atoms with Gasteiger partial charge in [-0.25, -0.2) is 17.6 Å². The lowest BCUT2D eigenvalue weighted by Crippen LogP contribution is -2.60. The van der Waals surface area contributed by atoms with Gasteiger partial charge in [-0.15, -0.1) is 0 Å². The summed E-state index contributed by atoms with van der Waals surface area (Å²) in [5, 5.41) is 13.9. The van der Waals surface area contributed by atoms with Gasteiger partial charge < -0.3 is 15.2 Å². The van der Waals surface area contributed by atoms with Crippen LogP contribution in [0.1, 0.15) is 20.8 Å². The molecule has 0 saturated heterocycles. The molecule has 1 aliphatic heterocycles. The number of nitrogens with zero attached hydrogens (tertiary/aromatic N) is 1. The number of anilines is 2. The smallest absolute Gasteiger partial charge is 0.409 e. The van der Waals surface area contributed by atoms with Crippen LogP contribution >= 0.6 is 0 Å². The number of carboxylic acid groups (broad SMARTS) is 1. The van der Waals surface area contributed by atoms with Crippen molar-refractivity contribution in [2.75, 3.05) is 16.2 Å². The van der Waals surface area contributed by atoms with Crippen molar-refractivity contribution in [1.82, 2.24) is 5.32 Å². The van der Waals surface area contributed by atoms with Crippen molar-refractivity contribution in [2.24, 2.45) is 0 Å². The van der Waals surface area contributed by atoms with Crippen molar-refractivity contribution in [3.05, 3.63) is 48.3 Å². The Labute approximate surface area is 178 Å². The van der Waals surface area contributed by atoms with Crippen LogP contribution in [0.2, 0.25) is 0 Å². The maximum Gasteiger partial charge on any atom is 0.409 e. The molecule has 0 bridgehead atoms. The van der Waals surface area contributed by atoms with Crippen molar-refractivity contribution in [2.45, 2.75) is 37.3 Å². The fraction of sp³-hybridized carbons (Fsp3) is 0.300. The van der Waals surface area contributed by atoms with Gasteiger partial charge in [-0.3, -0.25) is 14.4 Å². The van der Waals surface area contributed by atoms with Crippen LogP contribution in [0.5, 0.6) is 5.75 Å². The number of halogens is 1. The zero-order chi connectivity index (χ0) is 23.0. The first-order valence-corrected chi connectivity index (χ1v) is 10.7. The molecule has 0 fully saturated rings. The highest BCUT2D eigenvalue weighted by Crippen LogP contribution is 2.40. The summed E-state index contributed by atoms with van der Waals surface area (Å²) in [7, 11) is -4.16. The molecule has 9 nitrogen and oxygen atoms in total. The molecule has 2 aromatic carbocycles. The van der Waals surface area contributed by atoms with E-state index in [1.807, 2.05) is 0 Å². The van der Waals surface area contributed by atoms with Crippen LogP contribution in [0.3, 0.4) is 0 Å². The van der Waals surface area contributed by atoms with Crippen molar-refractivity contribution in [1.29, 1.82) is 0 Å². The van der Waals surface area contributed by atoms with Gasteiger partial charge in [0.25, 0.3) is 10.0 Å². The number of hydrogen-bond donors (Lipinski definition) is 3. The molecule has 0 saturated carbocycles. The first-order chi connectivity index (χ1) is 14.4. The summed E-state index contributed by atoms with van der Waals surface area (Å²) >= 11 is 0. The van der Waals surface area contributed by atoms with Gasteiger partial charge in [0.15, 0.2) is 0 Å². The molecule has 3 rings (SSSR count). The van der Waals surface area contributed by atoms with E-state index in [1.165, 1.54) is 25.1 Å². The molecule has 1 aliphatic rings. The number of carbonyl (C=O) groups excluding carboxylic acids is 1. The van der Waals surface area contributed by atoms with E-state index in [-0.39, 0.29) is 34.5 Å². The summed E-state index contributed by atoms with van der Waals surface area (Å²) in [5.41, 5.74) is -0.669. The number of nitrogens with one attached hydrogen (secondary N) is 2. The van der Waals surface area contributed by atoms with Crippen LogP contribution in [0.4, 0.5) is 20.6 Å². The summed E-state index contributed by atoms with van der Waals surface area (Å²) in [6.45, 7) is 4.58. The third kappa shape index (κ3) is 4.71. The standard InChI is InChI=1S/C20H22FN3O6S/c1-12(25)23-20(2,3)18-11-24(31(28,29)15-7-4-13(21)5-8-15)16-10-14(22-19(26)27)6-9-17(16)30-18/h4-10,18,22H,11H2,1-3H3,(H,23,25)(H,26,27). The molecule has 0 aromatic heterocycles. The highest BCUT2D eigenvalue weighted by molar-refractivity contribution is 7.92. The molecule has 31 heavy (non-hydrogen) atoms. The van der Waals surface area contributed by atoms with Gasteiger partial charge >= 0.3 is 6.09 Å². The Balaban J connectivity index is 2.11. The fourth-order valence-electron chi connectivity index (χ4n) is 3.32. The first kappa shape index (κ1) is 22.3. The molecule has 2 amide bonds. The summed E-state index contributed by atoms with van der Waals surface area (Å²) in [5.74, 6) is -0.705. The predicted molar refractivity (Wildman–Crippen MR) is 111 cm³/mol. The zero-order valence-electron chi connectivity index (χ0n) is 17.0. The molecule has 0 spiro atoms. The Morgan fingerprint density at radius 2 is 1.84 bits per heavy atom. The van der Waals surface area contributed by atoms with Gasteiger partial charge in [0.1, 0.15) is 17.7 Å². The fourth-order valence-corrected chi connectivity index (χ4v) is 4.79. The number of amides is 2. The molecule has 3 N–H and O–H groups in total. The van der Waals surface area contributed by atoms with E-state index in [9.17, 15) is 22.4 Å². The summed E-state index contributed by atoms with van der Waals surface area (Å²) in [4.78, 5) is 22.5.